The van der Waals surface area contributed by atoms with Gasteiger partial charge in [0.1, 0.15) is 5.52 Å². The summed E-state index contributed by atoms with van der Waals surface area (Å²) >= 11 is 0. The van der Waals surface area contributed by atoms with E-state index in [1.165, 1.54) is 27.9 Å². The number of likely N-dealkylation sites (tertiary alicyclic amines) is 1. The fourth-order valence-corrected chi connectivity index (χ4v) is 6.54. The standard InChI is InChI=1S/C28H41N7O6S/c1-3-4-18-41-27-31-24(29)23-25(32-27)35(28(38)30-23)15-8-7-14-34(17-16-33-12-5-6-13-33)42(39,40)22-11-9-10-21(19-22)20(2)26(36)37/h9-11,19-20H,3-8,12-18H2,1-2H3,(H,30,38)(H,36,37)(H2,29,31,32). The third-order valence-corrected chi connectivity index (χ3v) is 9.52. The number of aryl methyl sites for hydroxylation is 1. The van der Waals surface area contributed by atoms with Crippen LogP contribution in [0.25, 0.3) is 11.2 Å². The number of nitrogens with two attached hydrogens (primary N) is 1. The van der Waals surface area contributed by atoms with Crippen LogP contribution in [-0.4, -0.2) is 87.5 Å². The fourth-order valence-electron chi connectivity index (χ4n) is 5.02. The molecule has 230 valence electrons. The molecule has 4 rings (SSSR count). The molecular weight excluding hydrogens is 562 g/mol. The van der Waals surface area contributed by atoms with Crippen LogP contribution in [0, 0.1) is 0 Å². The molecule has 1 unspecified atom stereocenters. The van der Waals surface area contributed by atoms with Gasteiger partial charge in [-0.3, -0.25) is 9.36 Å². The van der Waals surface area contributed by atoms with E-state index < -0.39 is 21.9 Å². The zero-order valence-electron chi connectivity index (χ0n) is 24.3. The Morgan fingerprint density at radius 3 is 2.64 bits per heavy atom. The van der Waals surface area contributed by atoms with Crippen LogP contribution in [-0.2, 0) is 21.4 Å². The SMILES string of the molecule is CCCCOc1nc(N)c2[nH]c(=O)n(CCCCN(CCN3CCCC3)S(=O)(=O)c3cccc(C(C)C(=O)O)c3)c2n1. The molecule has 0 radical (unpaired) electrons. The second kappa shape index (κ2) is 14.1. The van der Waals surface area contributed by atoms with E-state index in [1.807, 2.05) is 6.92 Å². The minimum Gasteiger partial charge on any atom is -0.481 e. The number of nitrogen functional groups attached to an aromatic ring is 1. The first-order valence-electron chi connectivity index (χ1n) is 14.6. The van der Waals surface area contributed by atoms with Crippen LogP contribution >= 0.6 is 0 Å². The molecule has 3 aromatic rings. The summed E-state index contributed by atoms with van der Waals surface area (Å²) in [7, 11) is -3.89. The monoisotopic (exact) mass is 603 g/mol. The average Bonchev–Trinajstić information content (AvgIpc) is 3.60. The quantitative estimate of drug-likeness (QED) is 0.206. The number of aromatic amines is 1. The fraction of sp³-hybridized carbons (Fsp3) is 0.571. The summed E-state index contributed by atoms with van der Waals surface area (Å²) in [5.41, 5.74) is 6.79. The van der Waals surface area contributed by atoms with Crippen molar-refractivity contribution in [2.45, 2.75) is 69.7 Å². The molecule has 1 aromatic carbocycles. The van der Waals surface area contributed by atoms with E-state index >= 15 is 0 Å². The Kier molecular flexibility index (Phi) is 10.6. The van der Waals surface area contributed by atoms with Crippen LogP contribution in [0.1, 0.15) is 63.9 Å². The van der Waals surface area contributed by atoms with Gasteiger partial charge in [0.05, 0.1) is 17.4 Å². The number of sulfonamides is 1. The maximum absolute atomic E-state index is 13.8. The Morgan fingerprint density at radius 1 is 1.17 bits per heavy atom. The second-order valence-corrected chi connectivity index (χ2v) is 12.6. The van der Waals surface area contributed by atoms with Crippen molar-refractivity contribution in [3.05, 3.63) is 40.3 Å². The number of benzene rings is 1. The molecule has 4 N–H and O–H groups in total. The lowest BCUT2D eigenvalue weighted by Gasteiger charge is -2.25. The van der Waals surface area contributed by atoms with E-state index in [4.69, 9.17) is 10.5 Å². The maximum atomic E-state index is 13.8. The van der Waals surface area contributed by atoms with Gasteiger partial charge in [-0.25, -0.2) is 13.2 Å². The first-order valence-corrected chi connectivity index (χ1v) is 16.0. The Bertz CT molecular complexity index is 1530. The second-order valence-electron chi connectivity index (χ2n) is 10.7. The highest BCUT2D eigenvalue weighted by Gasteiger charge is 2.27. The van der Waals surface area contributed by atoms with Crippen molar-refractivity contribution in [1.82, 2.24) is 28.7 Å². The normalized spacial score (nSPS) is 15.0. The minimum atomic E-state index is -3.89. The molecule has 1 aliphatic heterocycles. The molecule has 1 atom stereocenters. The van der Waals surface area contributed by atoms with Gasteiger partial charge in [-0.05, 0) is 69.8 Å². The van der Waals surface area contributed by atoms with E-state index in [1.54, 1.807) is 12.1 Å². The minimum absolute atomic E-state index is 0.0742. The molecular formula is C28H41N7O6S. The number of carboxylic acid groups (broad SMARTS) is 1. The number of hydrogen-bond acceptors (Lipinski definition) is 9. The first kappa shape index (κ1) is 31.4. The molecule has 42 heavy (non-hydrogen) atoms. The van der Waals surface area contributed by atoms with Crippen LogP contribution in [0.4, 0.5) is 5.82 Å². The third kappa shape index (κ3) is 7.47. The molecule has 13 nitrogen and oxygen atoms in total. The number of hydrogen-bond donors (Lipinski definition) is 3. The number of aromatic nitrogens is 4. The van der Waals surface area contributed by atoms with Crippen molar-refractivity contribution in [3.63, 3.8) is 0 Å². The van der Waals surface area contributed by atoms with Gasteiger partial charge < -0.3 is 25.5 Å². The van der Waals surface area contributed by atoms with Crippen molar-refractivity contribution in [2.24, 2.45) is 0 Å². The molecule has 2 aromatic heterocycles. The van der Waals surface area contributed by atoms with Gasteiger partial charge in [0.15, 0.2) is 11.5 Å². The van der Waals surface area contributed by atoms with Gasteiger partial charge >= 0.3 is 17.7 Å². The highest BCUT2D eigenvalue weighted by molar-refractivity contribution is 7.89. The largest absolute Gasteiger partial charge is 0.481 e. The predicted molar refractivity (Wildman–Crippen MR) is 159 cm³/mol. The molecule has 14 heteroatoms. The van der Waals surface area contributed by atoms with Crippen molar-refractivity contribution in [1.29, 1.82) is 0 Å². The number of H-pyrrole nitrogens is 1. The van der Waals surface area contributed by atoms with Crippen LogP contribution < -0.4 is 16.2 Å². The topological polar surface area (TPSA) is 177 Å². The van der Waals surface area contributed by atoms with Crippen molar-refractivity contribution < 1.29 is 23.1 Å². The molecule has 0 saturated carbocycles. The van der Waals surface area contributed by atoms with E-state index in [0.717, 1.165) is 38.8 Å². The smallest absolute Gasteiger partial charge is 0.327 e. The van der Waals surface area contributed by atoms with Crippen molar-refractivity contribution in [2.75, 3.05) is 45.1 Å². The molecule has 1 saturated heterocycles. The van der Waals surface area contributed by atoms with Crippen molar-refractivity contribution in [3.8, 4) is 6.01 Å². The van der Waals surface area contributed by atoms with Gasteiger partial charge in [0.25, 0.3) is 0 Å². The Balaban J connectivity index is 1.48. The molecule has 0 spiro atoms. The molecule has 1 fully saturated rings. The summed E-state index contributed by atoms with van der Waals surface area (Å²) in [6.45, 7) is 7.38. The van der Waals surface area contributed by atoms with Gasteiger partial charge in [0, 0.05) is 26.2 Å². The van der Waals surface area contributed by atoms with Gasteiger partial charge in [-0.15, -0.1) is 0 Å². The number of nitrogens with one attached hydrogen (secondary N) is 1. The van der Waals surface area contributed by atoms with Crippen LogP contribution in [0.5, 0.6) is 6.01 Å². The number of anilines is 1. The van der Waals surface area contributed by atoms with Crippen LogP contribution in [0.3, 0.4) is 0 Å². The first-order chi connectivity index (χ1) is 20.1. The lowest BCUT2D eigenvalue weighted by atomic mass is 10.0. The summed E-state index contributed by atoms with van der Waals surface area (Å²) in [6, 6.07) is 6.28. The summed E-state index contributed by atoms with van der Waals surface area (Å²) in [4.78, 5) is 37.8. The molecule has 0 amide bonds. The van der Waals surface area contributed by atoms with Crippen LogP contribution in [0.2, 0.25) is 0 Å². The van der Waals surface area contributed by atoms with E-state index in [-0.39, 0.29) is 29.0 Å². The summed E-state index contributed by atoms with van der Waals surface area (Å²) in [5.74, 6) is -1.72. The predicted octanol–water partition coefficient (Wildman–Crippen LogP) is 2.64. The van der Waals surface area contributed by atoms with E-state index in [0.29, 0.717) is 55.8 Å². The van der Waals surface area contributed by atoms with Crippen LogP contribution in [0.15, 0.2) is 34.0 Å². The zero-order chi connectivity index (χ0) is 30.3. The van der Waals surface area contributed by atoms with Crippen molar-refractivity contribution >= 4 is 33.0 Å². The summed E-state index contributed by atoms with van der Waals surface area (Å²) in [6.07, 6.45) is 4.98. The summed E-state index contributed by atoms with van der Waals surface area (Å²) in [5, 5.41) is 9.42. The highest BCUT2D eigenvalue weighted by atomic mass is 32.2. The van der Waals surface area contributed by atoms with Gasteiger partial charge in [-0.2, -0.15) is 14.3 Å². The summed E-state index contributed by atoms with van der Waals surface area (Å²) < 4.78 is 36.1. The lowest BCUT2D eigenvalue weighted by molar-refractivity contribution is -0.138. The molecule has 3 heterocycles. The zero-order valence-corrected chi connectivity index (χ0v) is 25.1. The van der Waals surface area contributed by atoms with Gasteiger partial charge in [0.2, 0.25) is 10.0 Å². The Morgan fingerprint density at radius 2 is 1.93 bits per heavy atom. The maximum Gasteiger partial charge on any atom is 0.327 e. The number of unbranched alkanes of at least 4 members (excludes halogenated alkanes) is 2. The highest BCUT2D eigenvalue weighted by Crippen LogP contribution is 2.23. The number of imidazole rings is 1. The molecule has 0 bridgehead atoms. The number of carboxylic acids is 1. The molecule has 0 aliphatic carbocycles. The average molecular weight is 604 g/mol. The number of fused-ring (bicyclic) bond motifs is 1. The Hall–Kier alpha value is -3.49. The van der Waals surface area contributed by atoms with E-state index in [9.17, 15) is 23.1 Å². The Labute approximate surface area is 245 Å². The van der Waals surface area contributed by atoms with E-state index in [2.05, 4.69) is 19.9 Å². The third-order valence-electron chi connectivity index (χ3n) is 7.63. The number of rotatable bonds is 16. The molecule has 1 aliphatic rings. The number of carbonyl (C=O) groups is 1. The number of nitrogens with zero attached hydrogens (tertiary/aromatic N) is 5. The lowest BCUT2D eigenvalue weighted by Crippen LogP contribution is -2.38. The van der Waals surface area contributed by atoms with Gasteiger partial charge in [-0.1, -0.05) is 25.5 Å². The number of ether oxygens (including phenoxy) is 1. The number of aliphatic carboxylic acids is 1.